The van der Waals surface area contributed by atoms with E-state index in [1.54, 1.807) is 30.3 Å². The number of hydrogen-bond acceptors (Lipinski definition) is 4. The van der Waals surface area contributed by atoms with E-state index in [4.69, 9.17) is 16.3 Å². The van der Waals surface area contributed by atoms with E-state index in [-0.39, 0.29) is 16.7 Å². The Morgan fingerprint density at radius 1 is 1.03 bits per heavy atom. The summed E-state index contributed by atoms with van der Waals surface area (Å²) in [7, 11) is -3.56. The Morgan fingerprint density at radius 3 is 2.43 bits per heavy atom. The first-order chi connectivity index (χ1) is 17.8. The molecule has 0 spiro atoms. The molecule has 196 valence electrons. The molecule has 0 saturated heterocycles. The van der Waals surface area contributed by atoms with Gasteiger partial charge in [0, 0.05) is 28.6 Å². The molecule has 0 aliphatic heterocycles. The molecule has 1 saturated carbocycles. The molecular weight excluding hydrogens is 508 g/mol. The summed E-state index contributed by atoms with van der Waals surface area (Å²) in [6.07, 6.45) is 3.34. The number of para-hydroxylation sites is 1. The zero-order valence-electron chi connectivity index (χ0n) is 21.2. The van der Waals surface area contributed by atoms with E-state index in [2.05, 4.69) is 4.72 Å². The summed E-state index contributed by atoms with van der Waals surface area (Å²) in [6, 6.07) is 20.0. The van der Waals surface area contributed by atoms with Gasteiger partial charge in [-0.2, -0.15) is 0 Å². The fraction of sp³-hybridized carbons (Fsp3) is 0.345. The highest BCUT2D eigenvalue weighted by Gasteiger charge is 2.35. The summed E-state index contributed by atoms with van der Waals surface area (Å²) < 4.78 is 33.6. The number of carbonyl (C=O) groups excluding carboxylic acids is 1. The van der Waals surface area contributed by atoms with Gasteiger partial charge in [0.25, 0.3) is 0 Å². The van der Waals surface area contributed by atoms with Crippen LogP contribution in [0.5, 0.6) is 5.75 Å². The van der Waals surface area contributed by atoms with Crippen molar-refractivity contribution in [1.82, 2.24) is 4.72 Å². The lowest BCUT2D eigenvalue weighted by Gasteiger charge is -2.27. The standard InChI is InChI=1S/C29H33ClN2O4S/c1-3-17-31-37(34,35)25-14-11-21(12-15-25)26-7-5-6-8-27(26)32(29(33)22-9-10-22)20-23-19-24(30)13-16-28(23)36-18-4-2/h5-8,11-16,19,22,31H,3-4,9-10,17-18,20H2,1-2H3. The van der Waals surface area contributed by atoms with Gasteiger partial charge >= 0.3 is 0 Å². The predicted octanol–water partition coefficient (Wildman–Crippen LogP) is 6.43. The van der Waals surface area contributed by atoms with E-state index in [1.165, 1.54) is 0 Å². The average molecular weight is 541 g/mol. The van der Waals surface area contributed by atoms with Gasteiger partial charge in [-0.3, -0.25) is 4.79 Å². The molecule has 0 radical (unpaired) electrons. The van der Waals surface area contributed by atoms with Crippen LogP contribution in [-0.4, -0.2) is 27.5 Å². The summed E-state index contributed by atoms with van der Waals surface area (Å²) in [5.41, 5.74) is 3.28. The van der Waals surface area contributed by atoms with Crippen molar-refractivity contribution in [2.24, 2.45) is 5.92 Å². The molecular formula is C29H33ClN2O4S. The van der Waals surface area contributed by atoms with Crippen LogP contribution in [0.3, 0.4) is 0 Å². The molecule has 0 heterocycles. The Balaban J connectivity index is 1.71. The molecule has 8 heteroatoms. The smallest absolute Gasteiger partial charge is 0.240 e. The van der Waals surface area contributed by atoms with Crippen molar-refractivity contribution in [3.63, 3.8) is 0 Å². The molecule has 4 rings (SSSR count). The largest absolute Gasteiger partial charge is 0.493 e. The van der Waals surface area contributed by atoms with Crippen LogP contribution in [0.15, 0.2) is 71.6 Å². The normalized spacial score (nSPS) is 13.4. The van der Waals surface area contributed by atoms with Crippen LogP contribution < -0.4 is 14.4 Å². The molecule has 3 aromatic rings. The second-order valence-electron chi connectivity index (χ2n) is 9.24. The number of sulfonamides is 1. The van der Waals surface area contributed by atoms with E-state index in [0.29, 0.717) is 36.9 Å². The maximum absolute atomic E-state index is 13.6. The number of anilines is 1. The molecule has 0 unspecified atom stereocenters. The van der Waals surface area contributed by atoms with E-state index in [1.807, 2.05) is 55.1 Å². The van der Waals surface area contributed by atoms with E-state index < -0.39 is 10.0 Å². The maximum Gasteiger partial charge on any atom is 0.240 e. The summed E-state index contributed by atoms with van der Waals surface area (Å²) >= 11 is 6.33. The van der Waals surface area contributed by atoms with E-state index in [9.17, 15) is 13.2 Å². The summed E-state index contributed by atoms with van der Waals surface area (Å²) in [5.74, 6) is 0.785. The highest BCUT2D eigenvalue weighted by Crippen LogP contribution is 2.38. The van der Waals surface area contributed by atoms with Crippen molar-refractivity contribution in [2.45, 2.75) is 51.0 Å². The first-order valence-corrected chi connectivity index (χ1v) is 14.6. The lowest BCUT2D eigenvalue weighted by Crippen LogP contribution is -2.32. The van der Waals surface area contributed by atoms with Gasteiger partial charge in [-0.15, -0.1) is 0 Å². The first kappa shape index (κ1) is 27.2. The van der Waals surface area contributed by atoms with Gasteiger partial charge in [0.2, 0.25) is 15.9 Å². The zero-order valence-corrected chi connectivity index (χ0v) is 22.8. The third-order valence-corrected chi connectivity index (χ3v) is 7.93. The molecule has 1 aliphatic carbocycles. The molecule has 0 aromatic heterocycles. The minimum absolute atomic E-state index is 0.00408. The van der Waals surface area contributed by atoms with Gasteiger partial charge in [-0.05, 0) is 67.6 Å². The molecule has 37 heavy (non-hydrogen) atoms. The molecule has 1 aliphatic rings. The van der Waals surface area contributed by atoms with Crippen LogP contribution in [0.2, 0.25) is 5.02 Å². The lowest BCUT2D eigenvalue weighted by atomic mass is 10.0. The van der Waals surface area contributed by atoms with E-state index in [0.717, 1.165) is 41.6 Å². The summed E-state index contributed by atoms with van der Waals surface area (Å²) in [4.78, 5) is 15.6. The number of carbonyl (C=O) groups is 1. The van der Waals surface area contributed by atoms with Gasteiger partial charge < -0.3 is 9.64 Å². The topological polar surface area (TPSA) is 75.7 Å². The zero-order chi connectivity index (χ0) is 26.4. The Hall–Kier alpha value is -2.87. The number of nitrogens with zero attached hydrogens (tertiary/aromatic N) is 1. The molecule has 1 amide bonds. The quantitative estimate of drug-likeness (QED) is 0.287. The van der Waals surface area contributed by atoms with Gasteiger partial charge in [-0.1, -0.05) is 55.8 Å². The van der Waals surface area contributed by atoms with Crippen LogP contribution >= 0.6 is 11.6 Å². The Bertz CT molecular complexity index is 1340. The average Bonchev–Trinajstić information content (AvgIpc) is 3.76. The van der Waals surface area contributed by atoms with Crippen molar-refractivity contribution in [2.75, 3.05) is 18.1 Å². The second-order valence-corrected chi connectivity index (χ2v) is 11.4. The Kier molecular flexibility index (Phi) is 8.90. The third kappa shape index (κ3) is 6.72. The molecule has 3 aromatic carbocycles. The van der Waals surface area contributed by atoms with Crippen molar-refractivity contribution < 1.29 is 17.9 Å². The number of rotatable bonds is 12. The highest BCUT2D eigenvalue weighted by atomic mass is 35.5. The van der Waals surface area contributed by atoms with Gasteiger partial charge in [-0.25, -0.2) is 13.1 Å². The SMILES string of the molecule is CCCNS(=O)(=O)c1ccc(-c2ccccc2N(Cc2cc(Cl)ccc2OCCC)C(=O)C2CC2)cc1. The van der Waals surface area contributed by atoms with Crippen molar-refractivity contribution >= 4 is 33.2 Å². The number of nitrogens with one attached hydrogen (secondary N) is 1. The fourth-order valence-corrected chi connectivity index (χ4v) is 5.44. The van der Waals surface area contributed by atoms with Crippen molar-refractivity contribution in [1.29, 1.82) is 0 Å². The minimum Gasteiger partial charge on any atom is -0.493 e. The fourth-order valence-electron chi connectivity index (χ4n) is 4.11. The predicted molar refractivity (Wildman–Crippen MR) is 149 cm³/mol. The number of benzene rings is 3. The van der Waals surface area contributed by atoms with Crippen LogP contribution in [0, 0.1) is 5.92 Å². The first-order valence-electron chi connectivity index (χ1n) is 12.8. The molecule has 1 N–H and O–H groups in total. The molecule has 1 fully saturated rings. The van der Waals surface area contributed by atoms with Gasteiger partial charge in [0.15, 0.2) is 0 Å². The molecule has 0 atom stereocenters. The van der Waals surface area contributed by atoms with Crippen molar-refractivity contribution in [3.8, 4) is 16.9 Å². The lowest BCUT2D eigenvalue weighted by molar-refractivity contribution is -0.119. The highest BCUT2D eigenvalue weighted by molar-refractivity contribution is 7.89. The van der Waals surface area contributed by atoms with Crippen LogP contribution in [-0.2, 0) is 21.4 Å². The number of halogens is 1. The Labute approximate surface area is 224 Å². The van der Waals surface area contributed by atoms with Crippen LogP contribution in [0.25, 0.3) is 11.1 Å². The summed E-state index contributed by atoms with van der Waals surface area (Å²) in [6.45, 7) is 5.24. The molecule has 6 nitrogen and oxygen atoms in total. The third-order valence-electron chi connectivity index (χ3n) is 6.22. The Morgan fingerprint density at radius 2 is 1.76 bits per heavy atom. The van der Waals surface area contributed by atoms with Crippen LogP contribution in [0.4, 0.5) is 5.69 Å². The van der Waals surface area contributed by atoms with Gasteiger partial charge in [0.05, 0.1) is 23.7 Å². The van der Waals surface area contributed by atoms with Crippen molar-refractivity contribution in [3.05, 3.63) is 77.3 Å². The van der Waals surface area contributed by atoms with E-state index >= 15 is 0 Å². The maximum atomic E-state index is 13.6. The minimum atomic E-state index is -3.56. The van der Waals surface area contributed by atoms with Gasteiger partial charge in [0.1, 0.15) is 5.75 Å². The van der Waals surface area contributed by atoms with Crippen LogP contribution in [0.1, 0.15) is 45.1 Å². The second kappa shape index (κ2) is 12.1. The summed E-state index contributed by atoms with van der Waals surface area (Å²) in [5, 5.41) is 0.583. The monoisotopic (exact) mass is 540 g/mol. The molecule has 0 bridgehead atoms. The number of amides is 1. The number of hydrogen-bond donors (Lipinski definition) is 1. The number of ether oxygens (including phenoxy) is 1.